The van der Waals surface area contributed by atoms with E-state index in [4.69, 9.17) is 4.98 Å². The second-order valence-electron chi connectivity index (χ2n) is 8.52. The first-order chi connectivity index (χ1) is 15.7. The van der Waals surface area contributed by atoms with Crippen LogP contribution in [0.3, 0.4) is 0 Å². The summed E-state index contributed by atoms with van der Waals surface area (Å²) in [5.41, 5.74) is 4.84. The Bertz CT molecular complexity index is 1220. The van der Waals surface area contributed by atoms with E-state index in [1.54, 1.807) is 0 Å². The van der Waals surface area contributed by atoms with E-state index in [2.05, 4.69) is 26.9 Å². The fraction of sp³-hybridized carbons (Fsp3) is 0.259. The number of amides is 1. The molecule has 3 aromatic carbocycles. The van der Waals surface area contributed by atoms with Crippen LogP contribution in [0.4, 0.5) is 0 Å². The van der Waals surface area contributed by atoms with Crippen LogP contribution in [-0.2, 0) is 13.6 Å². The Labute approximate surface area is 188 Å². The van der Waals surface area contributed by atoms with Gasteiger partial charge in [-0.25, -0.2) is 4.98 Å². The number of aryl methyl sites for hydroxylation is 1. The van der Waals surface area contributed by atoms with Gasteiger partial charge in [-0.3, -0.25) is 9.69 Å². The highest BCUT2D eigenvalue weighted by Crippen LogP contribution is 2.25. The first-order valence-corrected chi connectivity index (χ1v) is 11.3. The van der Waals surface area contributed by atoms with Crippen molar-refractivity contribution in [3.8, 4) is 0 Å². The van der Waals surface area contributed by atoms with E-state index in [0.717, 1.165) is 42.1 Å². The summed E-state index contributed by atoms with van der Waals surface area (Å²) in [5.74, 6) is 0.730. The zero-order chi connectivity index (χ0) is 21.9. The van der Waals surface area contributed by atoms with Gasteiger partial charge in [-0.05, 0) is 61.3 Å². The molecule has 5 heteroatoms. The van der Waals surface area contributed by atoms with Crippen molar-refractivity contribution in [2.45, 2.75) is 25.4 Å². The summed E-state index contributed by atoms with van der Waals surface area (Å²) in [4.78, 5) is 20.7. The number of hydrogen-bond donors (Lipinski definition) is 1. The van der Waals surface area contributed by atoms with Crippen molar-refractivity contribution in [1.82, 2.24) is 19.8 Å². The monoisotopic (exact) mass is 424 g/mol. The second kappa shape index (κ2) is 8.97. The van der Waals surface area contributed by atoms with Crippen molar-refractivity contribution in [2.24, 2.45) is 7.05 Å². The summed E-state index contributed by atoms with van der Waals surface area (Å²) in [6.07, 6.45) is 2.52. The van der Waals surface area contributed by atoms with Gasteiger partial charge in [0.05, 0.1) is 11.0 Å². The van der Waals surface area contributed by atoms with E-state index in [1.807, 2.05) is 73.8 Å². The molecule has 5 rings (SSSR count). The number of nitrogens with zero attached hydrogens (tertiary/aromatic N) is 3. The van der Waals surface area contributed by atoms with Gasteiger partial charge in [0.2, 0.25) is 0 Å². The molecule has 32 heavy (non-hydrogen) atoms. The Hall–Kier alpha value is -3.44. The Morgan fingerprint density at radius 3 is 2.50 bits per heavy atom. The molecule has 1 unspecified atom stereocenters. The van der Waals surface area contributed by atoms with Crippen LogP contribution in [0.15, 0.2) is 78.9 Å². The van der Waals surface area contributed by atoms with Crippen LogP contribution < -0.4 is 5.32 Å². The van der Waals surface area contributed by atoms with E-state index in [-0.39, 0.29) is 11.9 Å². The maximum absolute atomic E-state index is 13.4. The molecule has 1 N–H and O–H groups in total. The second-order valence-corrected chi connectivity index (χ2v) is 8.52. The lowest BCUT2D eigenvalue weighted by atomic mass is 10.0. The fourth-order valence-electron chi connectivity index (χ4n) is 4.59. The number of benzene rings is 3. The van der Waals surface area contributed by atoms with Crippen LogP contribution in [0.5, 0.6) is 0 Å². The van der Waals surface area contributed by atoms with Gasteiger partial charge in [0.1, 0.15) is 11.9 Å². The molecule has 5 nitrogen and oxygen atoms in total. The van der Waals surface area contributed by atoms with Gasteiger partial charge in [-0.15, -0.1) is 0 Å². The van der Waals surface area contributed by atoms with Gasteiger partial charge in [0.15, 0.2) is 0 Å². The zero-order valence-corrected chi connectivity index (χ0v) is 18.4. The summed E-state index contributed by atoms with van der Waals surface area (Å²) in [6, 6.07) is 25.7. The lowest BCUT2D eigenvalue weighted by Gasteiger charge is -2.20. The number of carbonyl (C=O) groups excluding carboxylic acids is 1. The third-order valence-electron chi connectivity index (χ3n) is 6.28. The van der Waals surface area contributed by atoms with Crippen LogP contribution in [0.2, 0.25) is 0 Å². The Balaban J connectivity index is 1.45. The Kier molecular flexibility index (Phi) is 5.73. The number of para-hydroxylation sites is 2. The summed E-state index contributed by atoms with van der Waals surface area (Å²) < 4.78 is 2.07. The molecular weight excluding hydrogens is 396 g/mol. The summed E-state index contributed by atoms with van der Waals surface area (Å²) in [5, 5.41) is 3.25. The van der Waals surface area contributed by atoms with Crippen LogP contribution in [0.25, 0.3) is 11.0 Å². The van der Waals surface area contributed by atoms with E-state index >= 15 is 0 Å². The molecule has 2 heterocycles. The lowest BCUT2D eigenvalue weighted by molar-refractivity contribution is 0.0941. The minimum atomic E-state index is -0.344. The van der Waals surface area contributed by atoms with Crippen molar-refractivity contribution >= 4 is 16.9 Å². The van der Waals surface area contributed by atoms with E-state index in [1.165, 1.54) is 18.4 Å². The first-order valence-electron chi connectivity index (χ1n) is 11.3. The SMILES string of the molecule is Cn1c(C(NC(=O)c2cccc(CN3CCCC3)c2)c2ccccc2)nc2ccccc21. The molecule has 162 valence electrons. The van der Waals surface area contributed by atoms with Crippen molar-refractivity contribution in [3.63, 3.8) is 0 Å². The molecule has 1 aromatic heterocycles. The molecule has 1 amide bonds. The van der Waals surface area contributed by atoms with Crippen molar-refractivity contribution < 1.29 is 4.79 Å². The van der Waals surface area contributed by atoms with Gasteiger partial charge in [0.25, 0.3) is 5.91 Å². The maximum atomic E-state index is 13.4. The Morgan fingerprint density at radius 2 is 1.72 bits per heavy atom. The zero-order valence-electron chi connectivity index (χ0n) is 18.4. The predicted molar refractivity (Wildman–Crippen MR) is 127 cm³/mol. The van der Waals surface area contributed by atoms with Gasteiger partial charge in [0, 0.05) is 19.2 Å². The first kappa shape index (κ1) is 20.5. The van der Waals surface area contributed by atoms with Crippen LogP contribution in [0, 0.1) is 0 Å². The molecule has 0 saturated carbocycles. The largest absolute Gasteiger partial charge is 0.338 e. The van der Waals surface area contributed by atoms with Crippen LogP contribution in [0.1, 0.15) is 46.2 Å². The third-order valence-corrected chi connectivity index (χ3v) is 6.28. The van der Waals surface area contributed by atoms with Crippen molar-refractivity contribution in [3.05, 3.63) is 101 Å². The highest BCUT2D eigenvalue weighted by molar-refractivity contribution is 5.95. The molecular formula is C27H28N4O. The van der Waals surface area contributed by atoms with Gasteiger partial charge in [-0.2, -0.15) is 0 Å². The van der Waals surface area contributed by atoms with Crippen LogP contribution in [-0.4, -0.2) is 33.4 Å². The molecule has 1 saturated heterocycles. The number of carbonyl (C=O) groups is 1. The van der Waals surface area contributed by atoms with Gasteiger partial charge >= 0.3 is 0 Å². The van der Waals surface area contributed by atoms with E-state index in [9.17, 15) is 4.79 Å². The molecule has 1 aliphatic rings. The highest BCUT2D eigenvalue weighted by Gasteiger charge is 2.23. The highest BCUT2D eigenvalue weighted by atomic mass is 16.1. The van der Waals surface area contributed by atoms with Crippen LogP contribution >= 0.6 is 0 Å². The lowest BCUT2D eigenvalue weighted by Crippen LogP contribution is -2.31. The number of hydrogen-bond acceptors (Lipinski definition) is 3. The molecule has 0 spiro atoms. The predicted octanol–water partition coefficient (Wildman–Crippen LogP) is 4.69. The molecule has 0 bridgehead atoms. The summed E-state index contributed by atoms with van der Waals surface area (Å²) >= 11 is 0. The average molecular weight is 425 g/mol. The topological polar surface area (TPSA) is 50.2 Å². The smallest absolute Gasteiger partial charge is 0.252 e. The molecule has 1 aliphatic heterocycles. The maximum Gasteiger partial charge on any atom is 0.252 e. The summed E-state index contributed by atoms with van der Waals surface area (Å²) in [6.45, 7) is 3.17. The Morgan fingerprint density at radius 1 is 0.969 bits per heavy atom. The quantitative estimate of drug-likeness (QED) is 0.489. The minimum Gasteiger partial charge on any atom is -0.338 e. The van der Waals surface area contributed by atoms with E-state index < -0.39 is 0 Å². The molecule has 1 fully saturated rings. The number of aromatic nitrogens is 2. The summed E-state index contributed by atoms with van der Waals surface area (Å²) in [7, 11) is 2.00. The number of rotatable bonds is 6. The standard InChI is InChI=1S/C27H28N4O/c1-30-24-15-6-5-14-23(24)28-26(30)25(21-11-3-2-4-12-21)29-27(32)22-13-9-10-20(18-22)19-31-16-7-8-17-31/h2-6,9-15,18,25H,7-8,16-17,19H2,1H3,(H,29,32). The van der Waals surface area contributed by atoms with Crippen molar-refractivity contribution in [1.29, 1.82) is 0 Å². The molecule has 0 radical (unpaired) electrons. The van der Waals surface area contributed by atoms with Crippen molar-refractivity contribution in [2.75, 3.05) is 13.1 Å². The number of fused-ring (bicyclic) bond motifs is 1. The fourth-order valence-corrected chi connectivity index (χ4v) is 4.59. The average Bonchev–Trinajstić information content (AvgIpc) is 3.46. The normalized spacial score (nSPS) is 15.2. The van der Waals surface area contributed by atoms with E-state index in [0.29, 0.717) is 5.56 Å². The molecule has 0 aliphatic carbocycles. The van der Waals surface area contributed by atoms with Gasteiger partial charge < -0.3 is 9.88 Å². The number of nitrogens with one attached hydrogen (secondary N) is 1. The number of imidazole rings is 1. The van der Waals surface area contributed by atoms with Gasteiger partial charge in [-0.1, -0.05) is 54.6 Å². The third kappa shape index (κ3) is 4.16. The minimum absolute atomic E-state index is 0.0887. The molecule has 1 atom stereocenters. The number of likely N-dealkylation sites (tertiary alicyclic amines) is 1. The molecule has 4 aromatic rings.